The molecule has 0 aliphatic carbocycles. The quantitative estimate of drug-likeness (QED) is 0.0167. The van der Waals surface area contributed by atoms with E-state index in [9.17, 15) is 63.0 Å². The number of nitrogens with one attached hydrogen (secondary N) is 15. The van der Waals surface area contributed by atoms with E-state index in [1.807, 2.05) is 13.8 Å². The summed E-state index contributed by atoms with van der Waals surface area (Å²) in [6.07, 6.45) is -8.57. The van der Waals surface area contributed by atoms with Crippen LogP contribution in [0.1, 0.15) is 214 Å². The van der Waals surface area contributed by atoms with Crippen molar-refractivity contribution in [1.29, 1.82) is 0 Å². The van der Waals surface area contributed by atoms with Gasteiger partial charge < -0.3 is 118 Å². The summed E-state index contributed by atoms with van der Waals surface area (Å²) in [4.78, 5) is 234. The molecule has 0 bridgehead atoms. The smallest absolute Gasteiger partial charge is 0.407 e. The van der Waals surface area contributed by atoms with Crippen LogP contribution in [0.5, 0.6) is 0 Å². The Morgan fingerprint density at radius 3 is 1.50 bits per heavy atom. The first-order valence-corrected chi connectivity index (χ1v) is 45.4. The van der Waals surface area contributed by atoms with Crippen LogP contribution in [0.25, 0.3) is 22.8 Å². The molecule has 1 unspecified atom stereocenters. The molecule has 135 heavy (non-hydrogen) atoms. The highest BCUT2D eigenvalue weighted by atomic mass is 19.1. The minimum absolute atomic E-state index is 0.0772. The van der Waals surface area contributed by atoms with Gasteiger partial charge in [0.1, 0.15) is 89.7 Å². The molecule has 1 saturated heterocycles. The zero-order valence-corrected chi connectivity index (χ0v) is 81.0. The lowest BCUT2D eigenvalue weighted by Gasteiger charge is -2.29. The predicted molar refractivity (Wildman–Crippen MR) is 498 cm³/mol. The lowest BCUT2D eigenvalue weighted by Crippen LogP contribution is -2.61. The maximum Gasteiger partial charge on any atom is 0.407 e. The van der Waals surface area contributed by atoms with Crippen molar-refractivity contribution in [3.8, 4) is 11.1 Å². The van der Waals surface area contributed by atoms with Crippen molar-refractivity contribution in [2.24, 2.45) is 5.92 Å². The highest BCUT2D eigenvalue weighted by Crippen LogP contribution is 2.39. The van der Waals surface area contributed by atoms with Gasteiger partial charge in [-0.3, -0.25) is 62.4 Å². The number of aromatic amines is 1. The molecule has 0 saturated carbocycles. The van der Waals surface area contributed by atoms with Crippen LogP contribution in [0.15, 0.2) is 66.7 Å². The number of H-pyrrole nitrogens is 1. The second-order valence-electron chi connectivity index (χ2n) is 37.7. The number of amides is 15. The van der Waals surface area contributed by atoms with E-state index in [1.54, 1.807) is 159 Å². The number of carbonyl (C=O) groups is 16. The summed E-state index contributed by atoms with van der Waals surface area (Å²) < 4.78 is 42.4. The zero-order valence-electron chi connectivity index (χ0n) is 81.0. The first-order valence-electron chi connectivity index (χ1n) is 45.4. The number of fused-ring (bicyclic) bond motifs is 1. The van der Waals surface area contributed by atoms with E-state index in [1.165, 1.54) is 36.1 Å². The van der Waals surface area contributed by atoms with Crippen molar-refractivity contribution in [2.45, 2.75) is 279 Å². The lowest BCUT2D eigenvalue weighted by molar-refractivity contribution is -0.144. The number of carbonyl (C=O) groups excluding carboxylic acids is 16. The van der Waals surface area contributed by atoms with E-state index in [4.69, 9.17) is 23.7 Å². The van der Waals surface area contributed by atoms with Gasteiger partial charge in [-0.05, 0) is 220 Å². The Labute approximate surface area is 787 Å². The van der Waals surface area contributed by atoms with Crippen LogP contribution >= 0.6 is 0 Å². The van der Waals surface area contributed by atoms with Crippen molar-refractivity contribution in [3.05, 3.63) is 112 Å². The van der Waals surface area contributed by atoms with Crippen LogP contribution in [0.2, 0.25) is 0 Å². The van der Waals surface area contributed by atoms with Crippen LogP contribution < -0.4 is 79.3 Å². The molecule has 17 N–H and O–H groups in total. The fourth-order valence-electron chi connectivity index (χ4n) is 14.2. The number of rotatable bonds is 34. The summed E-state index contributed by atoms with van der Waals surface area (Å²) in [7, 11) is 0. The standard InChI is InChI=1S/C94H138FN17O23/c1-21-111(22-2)44-43-97-84(124)75-54(6)69(102-55(75)7)49-63-62-48-61(95)31-32-72(62)112(86(63)126)50-74(116)131-51-58-25-29-60(30-26-58)59-27-23-57(24-28-59)47-71-83(123)108-70(45-52(3)4)82(122)107-66(35-40-99-88(128)133-92(12,13)14)79(119)106-68(37-42-101-90(130)135-94(18,19)20)81(121)110-76(56(8)114)85(125)96-38-33-65(78(118)105-67(80(120)109-71)36-41-100-89(129)134-93(15,16)17)104-77(117)64(103-73(115)46-53(5)113)34-39-98-87(127)132-91(9,10)11/h23-32,48-49,52-53,56,64-68,70-71,76,102,113-114H,21-22,33-47,50-51H2,1-20H3,(H,96,125)(H,97,124)(H,98,127)(H,99,128)(H,100,129)(H,101,130)(H,103,115)(H,104,117)(H,105,118)(H,106,119)(H,107,122)(H,108,123)(H,109,120)(H,110,121)/b63-49-/t53-,56-,64+,65-,66+,67?,68+,70+,71-,76+/m1/s1. The molecule has 10 atom stereocenters. The Morgan fingerprint density at radius 2 is 1.02 bits per heavy atom. The number of halogens is 1. The third-order valence-electron chi connectivity index (χ3n) is 20.8. The second-order valence-corrected chi connectivity index (χ2v) is 37.7. The fraction of sp³-hybridized carbons (Fsp3) is 0.574. The van der Waals surface area contributed by atoms with E-state index >= 15 is 28.4 Å². The monoisotopic (exact) mass is 1890 g/mol. The molecule has 2 aliphatic rings. The molecule has 15 amide bonds. The summed E-state index contributed by atoms with van der Waals surface area (Å²) in [6.45, 7) is 32.4. The van der Waals surface area contributed by atoms with Gasteiger partial charge >= 0.3 is 30.3 Å². The van der Waals surface area contributed by atoms with E-state index in [-0.39, 0.29) is 61.7 Å². The van der Waals surface area contributed by atoms with E-state index in [0.29, 0.717) is 57.9 Å². The molecule has 1 fully saturated rings. The van der Waals surface area contributed by atoms with Crippen molar-refractivity contribution < 1.29 is 115 Å². The number of ether oxygens (including phenoxy) is 5. The Hall–Kier alpha value is -12.8. The Balaban J connectivity index is 1.40. The van der Waals surface area contributed by atoms with Crippen molar-refractivity contribution in [3.63, 3.8) is 0 Å². The minimum atomic E-state index is -1.89. The van der Waals surface area contributed by atoms with Crippen LogP contribution in [-0.4, -0.2) is 264 Å². The van der Waals surface area contributed by atoms with Gasteiger partial charge in [0.2, 0.25) is 53.2 Å². The number of nitrogens with zero attached hydrogens (tertiary/aromatic N) is 2. The van der Waals surface area contributed by atoms with Gasteiger partial charge in [-0.1, -0.05) is 76.2 Å². The molecule has 0 spiro atoms. The van der Waals surface area contributed by atoms with Crippen LogP contribution in [0, 0.1) is 25.6 Å². The number of benzene rings is 3. The lowest BCUT2D eigenvalue weighted by atomic mass is 9.98. The van der Waals surface area contributed by atoms with E-state index < -0.39 is 242 Å². The van der Waals surface area contributed by atoms with Gasteiger partial charge in [0.25, 0.3) is 11.8 Å². The van der Waals surface area contributed by atoms with E-state index in [2.05, 4.69) is 84.3 Å². The second kappa shape index (κ2) is 51.1. The topological polar surface area (TPSA) is 550 Å². The fourth-order valence-corrected chi connectivity index (χ4v) is 14.2. The molecular weight excluding hydrogens is 1750 g/mol. The number of hydrogen-bond acceptors (Lipinski definition) is 24. The van der Waals surface area contributed by atoms with Crippen molar-refractivity contribution in [1.82, 2.24) is 84.3 Å². The number of anilines is 1. The summed E-state index contributed by atoms with van der Waals surface area (Å²) >= 11 is 0. The highest BCUT2D eigenvalue weighted by Gasteiger charge is 2.40. The molecule has 744 valence electrons. The number of alkyl carbamates (subject to hydrolysis) is 4. The number of likely N-dealkylation sites (N-methyl/N-ethyl adjacent to an activating group) is 1. The molecule has 3 aromatic carbocycles. The number of hydrogen-bond donors (Lipinski definition) is 17. The summed E-state index contributed by atoms with van der Waals surface area (Å²) in [5.41, 5.74) is 0.701. The van der Waals surface area contributed by atoms with Gasteiger partial charge in [0.05, 0.1) is 35.5 Å². The number of aliphatic hydroxyl groups is 2. The van der Waals surface area contributed by atoms with Gasteiger partial charge in [-0.15, -0.1) is 0 Å². The Bertz CT molecular complexity index is 4850. The van der Waals surface area contributed by atoms with E-state index in [0.717, 1.165) is 20.0 Å². The summed E-state index contributed by atoms with van der Waals surface area (Å²) in [5.74, 6) is -12.4. The Morgan fingerprint density at radius 1 is 0.563 bits per heavy atom. The average Bonchev–Trinajstić information content (AvgIpc) is 1.61. The molecule has 40 nitrogen and oxygen atoms in total. The first kappa shape index (κ1) is 111. The molecular formula is C94H138FN17O23. The average molecular weight is 1890 g/mol. The molecule has 6 rings (SSSR count). The molecule has 4 aromatic rings. The third kappa shape index (κ3) is 37.9. The van der Waals surface area contributed by atoms with Crippen LogP contribution in [-0.2, 0) is 89.5 Å². The van der Waals surface area contributed by atoms with Crippen LogP contribution in [0.4, 0.5) is 29.3 Å². The largest absolute Gasteiger partial charge is 0.459 e. The van der Waals surface area contributed by atoms with Gasteiger partial charge in [-0.25, -0.2) is 23.6 Å². The third-order valence-corrected chi connectivity index (χ3v) is 20.8. The molecule has 1 aromatic heterocycles. The van der Waals surface area contributed by atoms with Crippen molar-refractivity contribution >= 4 is 113 Å². The minimum Gasteiger partial charge on any atom is -0.459 e. The number of aromatic nitrogens is 1. The van der Waals surface area contributed by atoms with Crippen LogP contribution in [0.3, 0.4) is 0 Å². The Kier molecular flexibility index (Phi) is 42.0. The van der Waals surface area contributed by atoms with Gasteiger partial charge in [0, 0.05) is 69.2 Å². The normalized spacial score (nSPS) is 19.1. The van der Waals surface area contributed by atoms with Gasteiger partial charge in [-0.2, -0.15) is 0 Å². The molecule has 3 heterocycles. The molecule has 2 aliphatic heterocycles. The number of aryl methyl sites for hydroxylation is 1. The molecule has 0 radical (unpaired) electrons. The van der Waals surface area contributed by atoms with Crippen molar-refractivity contribution in [2.75, 3.05) is 70.3 Å². The maximum absolute atomic E-state index is 15.5. The zero-order chi connectivity index (χ0) is 101. The molecule has 41 heteroatoms. The highest BCUT2D eigenvalue weighted by molar-refractivity contribution is 6.36. The summed E-state index contributed by atoms with van der Waals surface area (Å²) in [5, 5.41) is 57.7. The van der Waals surface area contributed by atoms with Gasteiger partial charge in [0.15, 0.2) is 0 Å². The predicted octanol–water partition coefficient (Wildman–Crippen LogP) is 4.94. The number of esters is 1. The first-order chi connectivity index (χ1) is 63.1. The summed E-state index contributed by atoms with van der Waals surface area (Å²) in [6, 6.07) is 3.40. The SMILES string of the molecule is CCN(CC)CCNC(=O)c1c(C)[nH]c(/C=C2\C(=O)N(CC(=O)OCc3ccc(-c4ccc(C[C@H]5NC(=O)C(CCNC(=O)OC(C)(C)C)NC(=O)[C@H](NC(=O)[C@H](CCNC(=O)OC(C)(C)C)NC(=O)C[C@@H](C)O)CCNC(=O)[C@H]([C@@H](C)O)NC(=O)[C@H](CCNC(=O)OC(C)(C)C)NC(=O)[C@H](CCNC(=O)OC(C)(C)C)NC(=O)[C@H](CC(C)C)NC5=O)cc4)cc3)c3ccc(F)cc32)c1C. The number of aliphatic hydroxyl groups excluding tert-OH is 2. The maximum atomic E-state index is 15.5.